The molecule has 0 aromatic heterocycles. The molecular formula is C11H12NO4P. The van der Waals surface area contributed by atoms with Gasteiger partial charge in [0.2, 0.25) is 0 Å². The number of nitrogens with one attached hydrogen (secondary N) is 1. The molecule has 2 rings (SSSR count). The highest BCUT2D eigenvalue weighted by Gasteiger charge is 2.41. The smallest absolute Gasteiger partial charge is 0.310 e. The molecule has 5 nitrogen and oxygen atoms in total. The summed E-state index contributed by atoms with van der Waals surface area (Å²) in [6.45, 7) is 3.66. The van der Waals surface area contributed by atoms with Crippen LogP contribution in [0.25, 0.3) is 0 Å². The number of carbonyl (C=O) groups excluding carboxylic acids is 2. The molecule has 1 aromatic rings. The second kappa shape index (κ2) is 4.09. The molecule has 0 saturated heterocycles. The van der Waals surface area contributed by atoms with Crippen molar-refractivity contribution >= 4 is 25.0 Å². The van der Waals surface area contributed by atoms with Gasteiger partial charge in [-0.3, -0.25) is 19.2 Å². The Morgan fingerprint density at radius 2 is 2.18 bits per heavy atom. The van der Waals surface area contributed by atoms with Crippen molar-refractivity contribution < 1.29 is 18.7 Å². The maximum Gasteiger partial charge on any atom is 0.327 e. The summed E-state index contributed by atoms with van der Waals surface area (Å²) in [4.78, 5) is 22.4. The lowest BCUT2D eigenvalue weighted by atomic mass is 10.1. The highest BCUT2D eigenvalue weighted by atomic mass is 31.2. The third-order valence-corrected chi connectivity index (χ3v) is 4.86. The van der Waals surface area contributed by atoms with E-state index >= 15 is 0 Å². The van der Waals surface area contributed by atoms with Crippen LogP contribution in [0.3, 0.4) is 0 Å². The summed E-state index contributed by atoms with van der Waals surface area (Å²) in [5.41, 5.74) is 1.28. The van der Waals surface area contributed by atoms with E-state index in [2.05, 4.69) is 5.09 Å². The van der Waals surface area contributed by atoms with Crippen molar-refractivity contribution in [2.75, 3.05) is 6.61 Å². The van der Waals surface area contributed by atoms with Gasteiger partial charge >= 0.3 is 7.52 Å². The number of benzene rings is 1. The minimum atomic E-state index is -3.30. The van der Waals surface area contributed by atoms with E-state index < -0.39 is 13.4 Å². The molecule has 90 valence electrons. The van der Waals surface area contributed by atoms with Crippen LogP contribution in [-0.4, -0.2) is 18.8 Å². The van der Waals surface area contributed by atoms with E-state index in [1.807, 2.05) is 0 Å². The largest absolute Gasteiger partial charge is 0.327 e. The lowest BCUT2D eigenvalue weighted by molar-refractivity contribution is 0.0982. The van der Waals surface area contributed by atoms with Crippen LogP contribution in [0.15, 0.2) is 12.1 Å². The molecule has 1 atom stereocenters. The Kier molecular flexibility index (Phi) is 2.89. The third kappa shape index (κ3) is 1.81. The van der Waals surface area contributed by atoms with Crippen molar-refractivity contribution in [2.24, 2.45) is 0 Å². The minimum Gasteiger partial charge on any atom is -0.310 e. The summed E-state index contributed by atoms with van der Waals surface area (Å²) >= 11 is 0. The van der Waals surface area contributed by atoms with Gasteiger partial charge in [0.25, 0.3) is 5.91 Å². The maximum absolute atomic E-state index is 12.4. The van der Waals surface area contributed by atoms with E-state index in [4.69, 9.17) is 4.52 Å². The van der Waals surface area contributed by atoms with Crippen molar-refractivity contribution in [3.05, 3.63) is 28.8 Å². The second-order valence-corrected chi connectivity index (χ2v) is 5.79. The van der Waals surface area contributed by atoms with Crippen LogP contribution in [0.1, 0.15) is 33.2 Å². The van der Waals surface area contributed by atoms with Gasteiger partial charge in [-0.15, -0.1) is 0 Å². The zero-order valence-corrected chi connectivity index (χ0v) is 10.4. The van der Waals surface area contributed by atoms with Crippen LogP contribution in [-0.2, 0) is 9.09 Å². The number of amides is 1. The molecular weight excluding hydrogens is 241 g/mol. The molecule has 0 spiro atoms. The fraction of sp³-hybridized carbons (Fsp3) is 0.273. The molecule has 0 saturated carbocycles. The first-order valence-electron chi connectivity index (χ1n) is 5.19. The van der Waals surface area contributed by atoms with Crippen molar-refractivity contribution in [1.82, 2.24) is 5.09 Å². The Labute approximate surface area is 98.7 Å². The van der Waals surface area contributed by atoms with Crippen LogP contribution < -0.4 is 10.4 Å². The van der Waals surface area contributed by atoms with E-state index in [1.165, 1.54) is 6.07 Å². The molecule has 1 aliphatic rings. The molecule has 0 aliphatic carbocycles. The van der Waals surface area contributed by atoms with E-state index in [1.54, 1.807) is 19.9 Å². The molecule has 1 aliphatic heterocycles. The van der Waals surface area contributed by atoms with Gasteiger partial charge in [-0.05, 0) is 31.5 Å². The number of fused-ring (bicyclic) bond motifs is 1. The van der Waals surface area contributed by atoms with Crippen LogP contribution in [0, 0.1) is 6.92 Å². The van der Waals surface area contributed by atoms with Crippen molar-refractivity contribution in [3.63, 3.8) is 0 Å². The highest BCUT2D eigenvalue weighted by molar-refractivity contribution is 7.67. The van der Waals surface area contributed by atoms with E-state index in [0.717, 1.165) is 0 Å². The van der Waals surface area contributed by atoms with Gasteiger partial charge in [-0.1, -0.05) is 0 Å². The number of aldehydes is 1. The van der Waals surface area contributed by atoms with Crippen LogP contribution in [0.5, 0.6) is 0 Å². The SMILES string of the molecule is CCOP1(=O)NC(=O)c2cc(C=O)cc(C)c21. The summed E-state index contributed by atoms with van der Waals surface area (Å²) in [7, 11) is -3.30. The minimum absolute atomic E-state index is 0.242. The van der Waals surface area contributed by atoms with Gasteiger partial charge in [0.1, 0.15) is 6.29 Å². The van der Waals surface area contributed by atoms with E-state index in [0.29, 0.717) is 22.7 Å². The van der Waals surface area contributed by atoms with Crippen LogP contribution >= 0.6 is 7.52 Å². The number of aryl methyl sites for hydroxylation is 1. The maximum atomic E-state index is 12.4. The molecule has 0 radical (unpaired) electrons. The Bertz CT molecular complexity index is 553. The monoisotopic (exact) mass is 253 g/mol. The molecule has 1 aromatic carbocycles. The fourth-order valence-corrected chi connectivity index (χ4v) is 4.04. The van der Waals surface area contributed by atoms with E-state index in [9.17, 15) is 14.2 Å². The Morgan fingerprint density at radius 3 is 2.76 bits per heavy atom. The first-order valence-corrected chi connectivity index (χ1v) is 6.82. The lowest BCUT2D eigenvalue weighted by Crippen LogP contribution is -2.15. The van der Waals surface area contributed by atoms with Gasteiger partial charge in [0, 0.05) is 5.56 Å². The zero-order chi connectivity index (χ0) is 12.6. The molecule has 1 N–H and O–H groups in total. The predicted octanol–water partition coefficient (Wildman–Crippen LogP) is 1.41. The predicted molar refractivity (Wildman–Crippen MR) is 62.9 cm³/mol. The van der Waals surface area contributed by atoms with Gasteiger partial charge in [0.05, 0.1) is 17.5 Å². The Balaban J connectivity index is 2.67. The van der Waals surface area contributed by atoms with Crippen LogP contribution in [0.2, 0.25) is 0 Å². The average Bonchev–Trinajstić information content (AvgIpc) is 2.51. The van der Waals surface area contributed by atoms with Gasteiger partial charge in [0.15, 0.2) is 0 Å². The quantitative estimate of drug-likeness (QED) is 0.653. The third-order valence-electron chi connectivity index (χ3n) is 2.56. The molecule has 1 unspecified atom stereocenters. The van der Waals surface area contributed by atoms with Crippen molar-refractivity contribution in [1.29, 1.82) is 0 Å². The summed E-state index contributed by atoms with van der Waals surface area (Å²) in [5, 5.41) is 2.75. The molecule has 1 amide bonds. The second-order valence-electron chi connectivity index (χ2n) is 3.76. The summed E-state index contributed by atoms with van der Waals surface area (Å²) in [6, 6.07) is 3.03. The first kappa shape index (κ1) is 12.0. The highest BCUT2D eigenvalue weighted by Crippen LogP contribution is 2.47. The Morgan fingerprint density at radius 1 is 1.47 bits per heavy atom. The fourth-order valence-electron chi connectivity index (χ4n) is 1.97. The summed E-state index contributed by atoms with van der Waals surface area (Å²) < 4.78 is 17.6. The summed E-state index contributed by atoms with van der Waals surface area (Å²) in [5.74, 6) is -0.455. The lowest BCUT2D eigenvalue weighted by Gasteiger charge is -2.13. The van der Waals surface area contributed by atoms with Gasteiger partial charge < -0.3 is 4.52 Å². The molecule has 17 heavy (non-hydrogen) atoms. The van der Waals surface area contributed by atoms with Gasteiger partial charge in [-0.25, -0.2) is 0 Å². The molecule has 0 bridgehead atoms. The van der Waals surface area contributed by atoms with Crippen molar-refractivity contribution in [2.45, 2.75) is 13.8 Å². The number of hydrogen-bond acceptors (Lipinski definition) is 4. The zero-order valence-electron chi connectivity index (χ0n) is 9.52. The van der Waals surface area contributed by atoms with Gasteiger partial charge in [-0.2, -0.15) is 0 Å². The number of hydrogen-bond donors (Lipinski definition) is 1. The molecule has 1 heterocycles. The normalized spacial score (nSPS) is 22.1. The Hall–Kier alpha value is -1.45. The number of rotatable bonds is 3. The van der Waals surface area contributed by atoms with Crippen molar-refractivity contribution in [3.8, 4) is 0 Å². The first-order chi connectivity index (χ1) is 8.01. The molecule has 0 fully saturated rings. The topological polar surface area (TPSA) is 72.5 Å². The van der Waals surface area contributed by atoms with Crippen LogP contribution in [0.4, 0.5) is 0 Å². The number of carbonyl (C=O) groups is 2. The standard InChI is InChI=1S/C11H12NO4P/c1-3-16-17(15)10-7(2)4-8(6-13)5-9(10)11(14)12-17/h4-6H,3H2,1-2H3,(H,12,14,15). The average molecular weight is 253 g/mol. The summed E-state index contributed by atoms with van der Waals surface area (Å²) in [6.07, 6.45) is 0.657. The van der Waals surface area contributed by atoms with E-state index in [-0.39, 0.29) is 12.2 Å². The molecule has 6 heteroatoms.